The van der Waals surface area contributed by atoms with Gasteiger partial charge in [0.2, 0.25) is 0 Å². The van der Waals surface area contributed by atoms with Gasteiger partial charge >= 0.3 is 0 Å². The zero-order chi connectivity index (χ0) is 32.9. The molecule has 1 saturated heterocycles. The van der Waals surface area contributed by atoms with Gasteiger partial charge in [0.05, 0.1) is 24.9 Å². The number of hydrogen-bond donors (Lipinski definition) is 1. The Morgan fingerprint density at radius 2 is 1.77 bits per heavy atom. The fourth-order valence-electron chi connectivity index (χ4n) is 5.47. The normalized spacial score (nSPS) is 13.1. The van der Waals surface area contributed by atoms with Crippen molar-refractivity contribution in [1.29, 1.82) is 0 Å². The number of amides is 1. The maximum atomic E-state index is 15.3. The molecule has 12 heteroatoms. The van der Waals surface area contributed by atoms with Crippen LogP contribution in [-0.2, 0) is 0 Å². The first kappa shape index (κ1) is 32.0. The van der Waals surface area contributed by atoms with Crippen LogP contribution in [0.5, 0.6) is 23.0 Å². The highest BCUT2D eigenvalue weighted by atomic mass is 35.5. The Morgan fingerprint density at radius 1 is 0.979 bits per heavy atom. The minimum Gasteiger partial charge on any atom is -0.493 e. The summed E-state index contributed by atoms with van der Waals surface area (Å²) in [5.41, 5.74) is 1.19. The highest BCUT2D eigenvalue weighted by Gasteiger charge is 2.18. The van der Waals surface area contributed by atoms with Crippen LogP contribution in [-0.4, -0.2) is 58.9 Å². The van der Waals surface area contributed by atoms with E-state index < -0.39 is 17.3 Å². The number of benzene rings is 3. The highest BCUT2D eigenvalue weighted by molar-refractivity contribution is 6.30. The third-order valence-corrected chi connectivity index (χ3v) is 8.13. The molecule has 0 atom stereocenters. The van der Waals surface area contributed by atoms with E-state index >= 15 is 4.39 Å². The molecule has 3 heterocycles. The van der Waals surface area contributed by atoms with E-state index in [2.05, 4.69) is 20.3 Å². The van der Waals surface area contributed by atoms with Crippen molar-refractivity contribution in [3.63, 3.8) is 0 Å². The van der Waals surface area contributed by atoms with Crippen molar-refractivity contribution in [2.24, 2.45) is 0 Å². The zero-order valence-electron chi connectivity index (χ0n) is 26.0. The SMILES string of the molecule is COc1cc2c(Oc3ccc(NC(=O)c4nn(-c5ccc(Cl)cc5)c(=O)cc4C)cc3F)ccnc2cc1OCCCN1CCCC1. The lowest BCUT2D eigenvalue weighted by Gasteiger charge is -2.16. The van der Waals surface area contributed by atoms with Gasteiger partial charge in [0.25, 0.3) is 11.5 Å². The number of halogens is 2. The lowest BCUT2D eigenvalue weighted by atomic mass is 10.1. The molecule has 1 aliphatic heterocycles. The first-order valence-electron chi connectivity index (χ1n) is 15.3. The van der Waals surface area contributed by atoms with E-state index in [-0.39, 0.29) is 17.1 Å². The van der Waals surface area contributed by atoms with Gasteiger partial charge in [-0.15, -0.1) is 0 Å². The molecule has 1 fully saturated rings. The summed E-state index contributed by atoms with van der Waals surface area (Å²) in [4.78, 5) is 32.6. The third-order valence-electron chi connectivity index (χ3n) is 7.88. The number of fused-ring (bicyclic) bond motifs is 1. The maximum absolute atomic E-state index is 15.3. The number of rotatable bonds is 11. The second-order valence-electron chi connectivity index (χ2n) is 11.2. The number of carbonyl (C=O) groups excluding carboxylic acids is 1. The molecule has 47 heavy (non-hydrogen) atoms. The third kappa shape index (κ3) is 7.37. The van der Waals surface area contributed by atoms with Gasteiger partial charge < -0.3 is 24.4 Å². The quantitative estimate of drug-likeness (QED) is 0.155. The molecule has 0 aliphatic carbocycles. The number of anilines is 1. The Bertz CT molecular complexity index is 1980. The number of nitrogens with zero attached hydrogens (tertiary/aromatic N) is 4. The van der Waals surface area contributed by atoms with Crippen LogP contribution in [0.3, 0.4) is 0 Å². The lowest BCUT2D eigenvalue weighted by Crippen LogP contribution is -2.26. The van der Waals surface area contributed by atoms with Gasteiger partial charge in [-0.3, -0.25) is 14.6 Å². The molecule has 1 aliphatic rings. The summed E-state index contributed by atoms with van der Waals surface area (Å²) >= 11 is 5.96. The van der Waals surface area contributed by atoms with Crippen molar-refractivity contribution in [2.45, 2.75) is 26.2 Å². The van der Waals surface area contributed by atoms with Crippen molar-refractivity contribution >= 4 is 34.1 Å². The van der Waals surface area contributed by atoms with E-state index in [1.54, 1.807) is 62.7 Å². The van der Waals surface area contributed by atoms with Crippen LogP contribution >= 0.6 is 11.6 Å². The van der Waals surface area contributed by atoms with Gasteiger partial charge in [-0.25, -0.2) is 4.39 Å². The molecular weight excluding hydrogens is 625 g/mol. The van der Waals surface area contributed by atoms with Crippen molar-refractivity contribution in [3.8, 4) is 28.7 Å². The van der Waals surface area contributed by atoms with E-state index in [9.17, 15) is 9.59 Å². The van der Waals surface area contributed by atoms with Gasteiger partial charge in [0.1, 0.15) is 5.75 Å². The summed E-state index contributed by atoms with van der Waals surface area (Å²) in [5.74, 6) is 0.0937. The number of methoxy groups -OCH3 is 1. The summed E-state index contributed by atoms with van der Waals surface area (Å²) in [6.45, 7) is 5.43. The van der Waals surface area contributed by atoms with Crippen LogP contribution in [0, 0.1) is 12.7 Å². The minimum absolute atomic E-state index is 0.00688. The average Bonchev–Trinajstić information content (AvgIpc) is 3.58. The van der Waals surface area contributed by atoms with Crippen LogP contribution in [0.1, 0.15) is 35.3 Å². The summed E-state index contributed by atoms with van der Waals surface area (Å²) in [6.07, 6.45) is 4.98. The molecule has 2 aromatic heterocycles. The molecule has 1 amide bonds. The molecular formula is C35H33ClFN5O5. The summed E-state index contributed by atoms with van der Waals surface area (Å²) < 4.78 is 34.0. The van der Waals surface area contributed by atoms with Gasteiger partial charge in [-0.1, -0.05) is 11.6 Å². The van der Waals surface area contributed by atoms with E-state index in [4.69, 9.17) is 25.8 Å². The molecule has 242 valence electrons. The van der Waals surface area contributed by atoms with Crippen LogP contribution in [0.25, 0.3) is 16.6 Å². The van der Waals surface area contributed by atoms with E-state index in [0.717, 1.165) is 36.8 Å². The molecule has 0 saturated carbocycles. The van der Waals surface area contributed by atoms with E-state index in [0.29, 0.717) is 51.0 Å². The van der Waals surface area contributed by atoms with Crippen molar-refractivity contribution < 1.29 is 23.4 Å². The number of aromatic nitrogens is 3. The zero-order valence-corrected chi connectivity index (χ0v) is 26.7. The van der Waals surface area contributed by atoms with Crippen molar-refractivity contribution in [1.82, 2.24) is 19.7 Å². The van der Waals surface area contributed by atoms with Gasteiger partial charge in [0, 0.05) is 47.0 Å². The number of nitrogens with one attached hydrogen (secondary N) is 1. The second-order valence-corrected chi connectivity index (χ2v) is 11.6. The molecule has 6 rings (SSSR count). The van der Waals surface area contributed by atoms with Crippen LogP contribution in [0.4, 0.5) is 10.1 Å². The van der Waals surface area contributed by atoms with Crippen LogP contribution < -0.4 is 25.1 Å². The molecule has 0 unspecified atom stereocenters. The first-order valence-corrected chi connectivity index (χ1v) is 15.6. The molecule has 0 bridgehead atoms. The summed E-state index contributed by atoms with van der Waals surface area (Å²) in [6, 6.07) is 17.1. The molecule has 0 radical (unpaired) electrons. The largest absolute Gasteiger partial charge is 0.493 e. The van der Waals surface area contributed by atoms with Crippen LogP contribution in [0.15, 0.2) is 77.7 Å². The Balaban J connectivity index is 1.16. The van der Waals surface area contributed by atoms with Gasteiger partial charge in [0.15, 0.2) is 28.8 Å². The Morgan fingerprint density at radius 3 is 2.51 bits per heavy atom. The van der Waals surface area contributed by atoms with Crippen molar-refractivity contribution in [3.05, 3.63) is 105 Å². The summed E-state index contributed by atoms with van der Waals surface area (Å²) in [5, 5.41) is 8.01. The highest BCUT2D eigenvalue weighted by Crippen LogP contribution is 2.38. The Labute approximate surface area is 275 Å². The topological polar surface area (TPSA) is 108 Å². The number of likely N-dealkylation sites (tertiary alicyclic amines) is 1. The number of hydrogen-bond acceptors (Lipinski definition) is 8. The maximum Gasteiger partial charge on any atom is 0.276 e. The fraction of sp³-hybridized carbons (Fsp3) is 0.257. The first-order chi connectivity index (χ1) is 22.8. The average molecular weight is 658 g/mol. The number of carbonyl (C=O) groups is 1. The van der Waals surface area contributed by atoms with Crippen molar-refractivity contribution in [2.75, 3.05) is 38.7 Å². The smallest absolute Gasteiger partial charge is 0.276 e. The second kappa shape index (κ2) is 14.2. The Kier molecular flexibility index (Phi) is 9.65. The van der Waals surface area contributed by atoms with E-state index in [1.807, 2.05) is 0 Å². The predicted octanol–water partition coefficient (Wildman–Crippen LogP) is 6.80. The van der Waals surface area contributed by atoms with Gasteiger partial charge in [-0.05, 0) is 93.4 Å². The number of pyridine rings is 1. The number of ether oxygens (including phenoxy) is 3. The lowest BCUT2D eigenvalue weighted by molar-refractivity contribution is 0.102. The minimum atomic E-state index is -0.700. The van der Waals surface area contributed by atoms with Crippen LogP contribution in [0.2, 0.25) is 5.02 Å². The van der Waals surface area contributed by atoms with E-state index in [1.165, 1.54) is 31.0 Å². The molecule has 3 aromatic carbocycles. The van der Waals surface area contributed by atoms with Gasteiger partial charge in [-0.2, -0.15) is 9.78 Å². The standard InChI is InChI=1S/C35H33ClFN5O5/c1-22-18-33(43)42(25-9-6-23(36)7-10-25)40-34(22)35(44)39-24-8-11-30(27(37)19-24)47-29-12-13-38-28-21-32(31(45-2)20-26(28)29)46-17-5-16-41-14-3-4-15-41/h6-13,18-21H,3-5,14-17H2,1-2H3,(H,39,44). The fourth-order valence-corrected chi connectivity index (χ4v) is 5.60. The summed E-state index contributed by atoms with van der Waals surface area (Å²) in [7, 11) is 1.56. The monoisotopic (exact) mass is 657 g/mol. The molecule has 5 aromatic rings. The molecule has 0 spiro atoms. The number of aryl methyl sites for hydroxylation is 1. The molecule has 1 N–H and O–H groups in total. The predicted molar refractivity (Wildman–Crippen MR) is 178 cm³/mol. The Hall–Kier alpha value is -5.00. The molecule has 10 nitrogen and oxygen atoms in total.